The Labute approximate surface area is 209 Å². The maximum absolute atomic E-state index is 12.8. The molecule has 2 aromatic carbocycles. The molecular formula is C23H22N2O12. The minimum Gasteiger partial charge on any atom is -0.495 e. The SMILES string of the molecule is COc1ccc([N+](=O)[O-])cc1NC(=O)[C@@H](C)OC(=O)c1cc(OC(C)=O)c(OC(C)=O)c(OC(C)=O)c1. The van der Waals surface area contributed by atoms with Gasteiger partial charge in [0.05, 0.1) is 23.3 Å². The minimum absolute atomic E-state index is 0.0374. The molecule has 0 radical (unpaired) electrons. The number of rotatable bonds is 9. The van der Waals surface area contributed by atoms with Crippen LogP contribution in [0.4, 0.5) is 11.4 Å². The maximum atomic E-state index is 12.8. The van der Waals surface area contributed by atoms with Gasteiger partial charge in [0.15, 0.2) is 17.6 Å². The lowest BCUT2D eigenvalue weighted by atomic mass is 10.1. The van der Waals surface area contributed by atoms with Gasteiger partial charge in [-0.15, -0.1) is 0 Å². The summed E-state index contributed by atoms with van der Waals surface area (Å²) in [5.41, 5.74) is -0.676. The van der Waals surface area contributed by atoms with Gasteiger partial charge in [-0.2, -0.15) is 0 Å². The number of carbonyl (C=O) groups excluding carboxylic acids is 5. The van der Waals surface area contributed by atoms with Crippen LogP contribution in [0.5, 0.6) is 23.0 Å². The number of amides is 1. The summed E-state index contributed by atoms with van der Waals surface area (Å²) >= 11 is 0. The number of nitro groups is 1. The highest BCUT2D eigenvalue weighted by molar-refractivity contribution is 5.99. The summed E-state index contributed by atoms with van der Waals surface area (Å²) in [6.07, 6.45) is -1.43. The first-order chi connectivity index (χ1) is 17.3. The van der Waals surface area contributed by atoms with Crippen LogP contribution in [-0.4, -0.2) is 47.9 Å². The zero-order chi connectivity index (χ0) is 27.9. The number of ether oxygens (including phenoxy) is 5. The number of hydrogen-bond acceptors (Lipinski definition) is 12. The fourth-order valence-corrected chi connectivity index (χ4v) is 2.82. The summed E-state index contributed by atoms with van der Waals surface area (Å²) in [5.74, 6) is -5.64. The predicted octanol–water partition coefficient (Wildman–Crippen LogP) is 2.56. The summed E-state index contributed by atoms with van der Waals surface area (Å²) < 4.78 is 25.2. The van der Waals surface area contributed by atoms with Gasteiger partial charge in [0.2, 0.25) is 5.75 Å². The molecule has 1 amide bonds. The number of benzene rings is 2. The molecule has 1 N–H and O–H groups in total. The lowest BCUT2D eigenvalue weighted by Gasteiger charge is -2.17. The average Bonchev–Trinajstić information content (AvgIpc) is 2.79. The van der Waals surface area contributed by atoms with Crippen molar-refractivity contribution in [3.05, 3.63) is 46.0 Å². The number of nitrogens with zero attached hydrogens (tertiary/aromatic N) is 1. The van der Waals surface area contributed by atoms with Crippen LogP contribution in [0, 0.1) is 10.1 Å². The molecule has 14 nitrogen and oxygen atoms in total. The second kappa shape index (κ2) is 12.1. The molecule has 0 aliphatic rings. The first kappa shape index (κ1) is 28.2. The van der Waals surface area contributed by atoms with E-state index < -0.39 is 58.1 Å². The first-order valence-electron chi connectivity index (χ1n) is 10.4. The monoisotopic (exact) mass is 518 g/mol. The normalized spacial score (nSPS) is 10.9. The van der Waals surface area contributed by atoms with E-state index in [4.69, 9.17) is 23.7 Å². The highest BCUT2D eigenvalue weighted by Crippen LogP contribution is 2.40. The molecule has 0 heterocycles. The van der Waals surface area contributed by atoms with Gasteiger partial charge in [-0.25, -0.2) is 4.79 Å². The van der Waals surface area contributed by atoms with E-state index >= 15 is 0 Å². The highest BCUT2D eigenvalue weighted by Gasteiger charge is 2.26. The first-order valence-corrected chi connectivity index (χ1v) is 10.4. The molecule has 0 saturated heterocycles. The minimum atomic E-state index is -1.43. The van der Waals surface area contributed by atoms with Crippen molar-refractivity contribution in [2.45, 2.75) is 33.8 Å². The number of hydrogen-bond donors (Lipinski definition) is 1. The van der Waals surface area contributed by atoms with E-state index in [-0.39, 0.29) is 22.7 Å². The summed E-state index contributed by atoms with van der Waals surface area (Å²) in [4.78, 5) is 70.3. The lowest BCUT2D eigenvalue weighted by Crippen LogP contribution is -2.30. The molecule has 0 aromatic heterocycles. The zero-order valence-electron chi connectivity index (χ0n) is 20.3. The van der Waals surface area contributed by atoms with Crippen molar-refractivity contribution in [3.8, 4) is 23.0 Å². The van der Waals surface area contributed by atoms with Gasteiger partial charge in [0, 0.05) is 32.9 Å². The Morgan fingerprint density at radius 2 is 1.41 bits per heavy atom. The second-order valence-corrected chi connectivity index (χ2v) is 7.26. The van der Waals surface area contributed by atoms with E-state index in [2.05, 4.69) is 5.32 Å². The van der Waals surface area contributed by atoms with Crippen molar-refractivity contribution in [2.24, 2.45) is 0 Å². The number of nitrogens with one attached hydrogen (secondary N) is 1. The summed E-state index contributed by atoms with van der Waals surface area (Å²) in [7, 11) is 1.29. The maximum Gasteiger partial charge on any atom is 0.339 e. The molecular weight excluding hydrogens is 496 g/mol. The molecule has 0 fully saturated rings. The molecule has 0 bridgehead atoms. The van der Waals surface area contributed by atoms with Crippen LogP contribution in [0.25, 0.3) is 0 Å². The Morgan fingerprint density at radius 3 is 1.86 bits per heavy atom. The smallest absolute Gasteiger partial charge is 0.339 e. The quantitative estimate of drug-likeness (QED) is 0.221. The van der Waals surface area contributed by atoms with Gasteiger partial charge in [-0.05, 0) is 25.1 Å². The van der Waals surface area contributed by atoms with Crippen LogP contribution in [0.3, 0.4) is 0 Å². The van der Waals surface area contributed by atoms with Gasteiger partial charge in [0.1, 0.15) is 5.75 Å². The molecule has 0 spiro atoms. The molecule has 0 aliphatic heterocycles. The van der Waals surface area contributed by atoms with Crippen molar-refractivity contribution in [3.63, 3.8) is 0 Å². The number of non-ortho nitro benzene ring substituents is 1. The third-order valence-corrected chi connectivity index (χ3v) is 4.31. The van der Waals surface area contributed by atoms with Crippen LogP contribution in [0.15, 0.2) is 30.3 Å². The Kier molecular flexibility index (Phi) is 9.23. The van der Waals surface area contributed by atoms with Crippen molar-refractivity contribution in [1.29, 1.82) is 0 Å². The zero-order valence-corrected chi connectivity index (χ0v) is 20.3. The number of anilines is 1. The number of carbonyl (C=O) groups is 5. The fourth-order valence-electron chi connectivity index (χ4n) is 2.82. The van der Waals surface area contributed by atoms with Crippen LogP contribution in [0.1, 0.15) is 38.1 Å². The Bertz CT molecular complexity index is 1230. The summed E-state index contributed by atoms with van der Waals surface area (Å²) in [6, 6.07) is 5.50. The highest BCUT2D eigenvalue weighted by atomic mass is 16.6. The van der Waals surface area contributed by atoms with E-state index in [0.717, 1.165) is 39.0 Å². The largest absolute Gasteiger partial charge is 0.495 e. The second-order valence-electron chi connectivity index (χ2n) is 7.26. The third kappa shape index (κ3) is 7.74. The third-order valence-electron chi connectivity index (χ3n) is 4.31. The topological polar surface area (TPSA) is 187 Å². The van der Waals surface area contributed by atoms with Gasteiger partial charge < -0.3 is 29.0 Å². The van der Waals surface area contributed by atoms with Gasteiger partial charge in [-0.1, -0.05) is 0 Å². The van der Waals surface area contributed by atoms with Gasteiger partial charge in [0.25, 0.3) is 11.6 Å². The Hall–Kier alpha value is -5.01. The Morgan fingerprint density at radius 1 is 0.865 bits per heavy atom. The summed E-state index contributed by atoms with van der Waals surface area (Å²) in [6.45, 7) is 4.36. The standard InChI is InChI=1S/C23H22N2O12/c1-11(22(29)24-17-10-16(25(31)32)6-7-18(17)33-5)34-23(30)15-8-19(35-12(2)26)21(37-14(4)28)20(9-15)36-13(3)27/h6-11H,1-5H3,(H,24,29)/t11-/m1/s1. The van der Waals surface area contributed by atoms with Crippen molar-refractivity contribution >= 4 is 41.2 Å². The molecule has 2 rings (SSSR count). The van der Waals surface area contributed by atoms with E-state index in [0.29, 0.717) is 0 Å². The molecule has 14 heteroatoms. The van der Waals surface area contributed by atoms with Crippen molar-refractivity contribution in [1.82, 2.24) is 0 Å². The molecule has 0 saturated carbocycles. The fraction of sp³-hybridized carbons (Fsp3) is 0.261. The van der Waals surface area contributed by atoms with E-state index in [9.17, 15) is 34.1 Å². The molecule has 2 aromatic rings. The molecule has 1 atom stereocenters. The van der Waals surface area contributed by atoms with E-state index in [1.165, 1.54) is 26.2 Å². The van der Waals surface area contributed by atoms with Crippen molar-refractivity contribution < 1.29 is 52.6 Å². The van der Waals surface area contributed by atoms with E-state index in [1.54, 1.807) is 0 Å². The predicted molar refractivity (Wildman–Crippen MR) is 124 cm³/mol. The van der Waals surface area contributed by atoms with E-state index in [1.807, 2.05) is 0 Å². The van der Waals surface area contributed by atoms with Crippen LogP contribution in [0.2, 0.25) is 0 Å². The van der Waals surface area contributed by atoms with Gasteiger partial charge >= 0.3 is 23.9 Å². The van der Waals surface area contributed by atoms with Crippen molar-refractivity contribution in [2.75, 3.05) is 12.4 Å². The average molecular weight is 518 g/mol. The molecule has 196 valence electrons. The van der Waals surface area contributed by atoms with Gasteiger partial charge in [-0.3, -0.25) is 29.3 Å². The Balaban J connectivity index is 2.34. The lowest BCUT2D eigenvalue weighted by molar-refractivity contribution is -0.384. The molecule has 0 unspecified atom stereocenters. The summed E-state index contributed by atoms with van der Waals surface area (Å²) in [5, 5.41) is 13.4. The number of methoxy groups -OCH3 is 1. The van der Waals surface area contributed by atoms with Crippen LogP contribution >= 0.6 is 0 Å². The number of esters is 4. The number of nitro benzene ring substituents is 1. The van der Waals surface area contributed by atoms with Crippen LogP contribution in [-0.2, 0) is 23.9 Å². The molecule has 37 heavy (non-hydrogen) atoms. The molecule has 0 aliphatic carbocycles. The van der Waals surface area contributed by atoms with Crippen LogP contribution < -0.4 is 24.3 Å².